The maximum Gasteiger partial charge on any atom is 0.224 e. The van der Waals surface area contributed by atoms with E-state index < -0.39 is 5.41 Å². The number of halogens is 1. The number of hydrogen-bond donors (Lipinski definition) is 2. The standard InChI is InChI=1S/C11H17ClN2OS/c1-7(8-4-5-9(12)16-8)14-6-11(2,3)10(13)15/h4-5,7,14H,6H2,1-3H3,(H2,13,15)/t7-/m0/s1. The van der Waals surface area contributed by atoms with E-state index in [0.717, 1.165) is 9.21 Å². The zero-order valence-corrected chi connectivity index (χ0v) is 11.3. The molecule has 0 spiro atoms. The number of amides is 1. The second-order valence-corrected chi connectivity index (χ2v) is 6.24. The van der Waals surface area contributed by atoms with E-state index in [2.05, 4.69) is 5.32 Å². The highest BCUT2D eigenvalue weighted by molar-refractivity contribution is 7.16. The van der Waals surface area contributed by atoms with E-state index in [1.165, 1.54) is 0 Å². The first-order chi connectivity index (χ1) is 7.33. The minimum Gasteiger partial charge on any atom is -0.369 e. The number of primary amides is 1. The Balaban J connectivity index is 2.53. The van der Waals surface area contributed by atoms with Crippen LogP contribution < -0.4 is 11.1 Å². The molecule has 0 aliphatic carbocycles. The van der Waals surface area contributed by atoms with Gasteiger partial charge in [0.15, 0.2) is 0 Å². The third-order valence-corrected chi connectivity index (χ3v) is 3.95. The summed E-state index contributed by atoms with van der Waals surface area (Å²) in [5.74, 6) is -0.295. The molecule has 1 atom stereocenters. The van der Waals surface area contributed by atoms with Crippen LogP contribution in [0.3, 0.4) is 0 Å². The predicted molar refractivity (Wildman–Crippen MR) is 68.7 cm³/mol. The van der Waals surface area contributed by atoms with Crippen LogP contribution in [0.25, 0.3) is 0 Å². The number of carbonyl (C=O) groups excluding carboxylic acids is 1. The summed E-state index contributed by atoms with van der Waals surface area (Å²) in [5.41, 5.74) is 4.77. The van der Waals surface area contributed by atoms with Crippen molar-refractivity contribution in [2.45, 2.75) is 26.8 Å². The molecule has 1 rings (SSSR count). The Morgan fingerprint density at radius 2 is 2.25 bits per heavy atom. The van der Waals surface area contributed by atoms with Crippen molar-refractivity contribution >= 4 is 28.8 Å². The molecule has 0 saturated heterocycles. The van der Waals surface area contributed by atoms with Crippen molar-refractivity contribution in [3.63, 3.8) is 0 Å². The monoisotopic (exact) mass is 260 g/mol. The number of nitrogens with one attached hydrogen (secondary N) is 1. The lowest BCUT2D eigenvalue weighted by Crippen LogP contribution is -2.41. The predicted octanol–water partition coefficient (Wildman–Crippen LogP) is 2.56. The third-order valence-electron chi connectivity index (χ3n) is 2.54. The molecule has 3 nitrogen and oxygen atoms in total. The van der Waals surface area contributed by atoms with Crippen LogP contribution in [0.4, 0.5) is 0 Å². The van der Waals surface area contributed by atoms with Gasteiger partial charge in [-0.05, 0) is 32.9 Å². The number of rotatable bonds is 5. The van der Waals surface area contributed by atoms with Crippen LogP contribution in [0.2, 0.25) is 4.34 Å². The Hall–Kier alpha value is -0.580. The van der Waals surface area contributed by atoms with Gasteiger partial charge < -0.3 is 11.1 Å². The molecular weight excluding hydrogens is 244 g/mol. The molecule has 1 aromatic heterocycles. The Labute approximate surface area is 105 Å². The van der Waals surface area contributed by atoms with Gasteiger partial charge in [0.1, 0.15) is 0 Å². The summed E-state index contributed by atoms with van der Waals surface area (Å²) >= 11 is 7.40. The first-order valence-corrected chi connectivity index (χ1v) is 6.31. The maximum absolute atomic E-state index is 11.1. The molecule has 0 saturated carbocycles. The van der Waals surface area contributed by atoms with Gasteiger partial charge in [-0.25, -0.2) is 0 Å². The zero-order chi connectivity index (χ0) is 12.3. The van der Waals surface area contributed by atoms with Gasteiger partial charge in [0.2, 0.25) is 5.91 Å². The minimum absolute atomic E-state index is 0.177. The fraction of sp³-hybridized carbons (Fsp3) is 0.545. The van der Waals surface area contributed by atoms with Crippen molar-refractivity contribution in [2.24, 2.45) is 11.1 Å². The first-order valence-electron chi connectivity index (χ1n) is 5.11. The van der Waals surface area contributed by atoms with Crippen LogP contribution in [-0.4, -0.2) is 12.5 Å². The van der Waals surface area contributed by atoms with Crippen molar-refractivity contribution in [1.29, 1.82) is 0 Å². The van der Waals surface area contributed by atoms with Gasteiger partial charge in [0.25, 0.3) is 0 Å². The summed E-state index contributed by atoms with van der Waals surface area (Å²) in [6.45, 7) is 6.26. The van der Waals surface area contributed by atoms with Crippen molar-refractivity contribution in [1.82, 2.24) is 5.32 Å². The third kappa shape index (κ3) is 3.47. The molecule has 0 unspecified atom stereocenters. The van der Waals surface area contributed by atoms with Gasteiger partial charge in [-0.2, -0.15) is 0 Å². The van der Waals surface area contributed by atoms with Crippen LogP contribution in [-0.2, 0) is 4.79 Å². The average molecular weight is 261 g/mol. The molecule has 1 amide bonds. The topological polar surface area (TPSA) is 55.1 Å². The van der Waals surface area contributed by atoms with E-state index in [0.29, 0.717) is 6.54 Å². The minimum atomic E-state index is -0.532. The van der Waals surface area contributed by atoms with E-state index >= 15 is 0 Å². The lowest BCUT2D eigenvalue weighted by Gasteiger charge is -2.23. The lowest BCUT2D eigenvalue weighted by atomic mass is 9.92. The normalized spacial score (nSPS) is 13.8. The Bertz CT molecular complexity index is 376. The number of nitrogens with two attached hydrogens (primary N) is 1. The quantitative estimate of drug-likeness (QED) is 0.855. The van der Waals surface area contributed by atoms with Crippen molar-refractivity contribution in [2.75, 3.05) is 6.54 Å². The molecule has 0 aromatic carbocycles. The largest absolute Gasteiger partial charge is 0.369 e. The zero-order valence-electron chi connectivity index (χ0n) is 9.71. The molecule has 1 aromatic rings. The molecule has 90 valence electrons. The molecule has 0 aliphatic rings. The molecule has 0 radical (unpaired) electrons. The molecule has 3 N–H and O–H groups in total. The van der Waals surface area contributed by atoms with Gasteiger partial charge in [-0.15, -0.1) is 11.3 Å². The van der Waals surface area contributed by atoms with Gasteiger partial charge in [0, 0.05) is 17.5 Å². The second-order valence-electron chi connectivity index (χ2n) is 4.49. The van der Waals surface area contributed by atoms with Gasteiger partial charge >= 0.3 is 0 Å². The Morgan fingerprint density at radius 3 is 2.69 bits per heavy atom. The SMILES string of the molecule is C[C@H](NCC(C)(C)C(N)=O)c1ccc(Cl)s1. The number of thiophene rings is 1. The Morgan fingerprint density at radius 1 is 1.62 bits per heavy atom. The van der Waals surface area contributed by atoms with Gasteiger partial charge in [-0.3, -0.25) is 4.79 Å². The van der Waals surface area contributed by atoms with Crippen molar-refractivity contribution < 1.29 is 4.79 Å². The number of carbonyl (C=O) groups is 1. The van der Waals surface area contributed by atoms with Crippen molar-refractivity contribution in [3.8, 4) is 0 Å². The van der Waals surface area contributed by atoms with Crippen LogP contribution in [0.5, 0.6) is 0 Å². The molecule has 0 fully saturated rings. The summed E-state index contributed by atoms with van der Waals surface area (Å²) in [4.78, 5) is 12.3. The van der Waals surface area contributed by atoms with E-state index in [9.17, 15) is 4.79 Å². The highest BCUT2D eigenvalue weighted by Gasteiger charge is 2.25. The fourth-order valence-electron chi connectivity index (χ4n) is 1.16. The Kier molecular flexibility index (Phi) is 4.35. The number of hydrogen-bond acceptors (Lipinski definition) is 3. The van der Waals surface area contributed by atoms with Crippen LogP contribution in [0, 0.1) is 5.41 Å². The fourth-order valence-corrected chi connectivity index (χ4v) is 2.24. The molecule has 16 heavy (non-hydrogen) atoms. The second kappa shape index (κ2) is 5.17. The molecule has 0 aliphatic heterocycles. The van der Waals surface area contributed by atoms with Crippen molar-refractivity contribution in [3.05, 3.63) is 21.3 Å². The van der Waals surface area contributed by atoms with E-state index in [1.54, 1.807) is 11.3 Å². The molecule has 5 heteroatoms. The van der Waals surface area contributed by atoms with Crippen LogP contribution in [0.15, 0.2) is 12.1 Å². The highest BCUT2D eigenvalue weighted by atomic mass is 35.5. The van der Waals surface area contributed by atoms with E-state index in [4.69, 9.17) is 17.3 Å². The van der Waals surface area contributed by atoms with Gasteiger partial charge in [-0.1, -0.05) is 11.6 Å². The van der Waals surface area contributed by atoms with E-state index in [1.807, 2.05) is 32.9 Å². The lowest BCUT2D eigenvalue weighted by molar-refractivity contribution is -0.125. The smallest absolute Gasteiger partial charge is 0.224 e. The summed E-state index contributed by atoms with van der Waals surface area (Å²) in [6, 6.07) is 4.04. The highest BCUT2D eigenvalue weighted by Crippen LogP contribution is 2.27. The maximum atomic E-state index is 11.1. The van der Waals surface area contributed by atoms with Gasteiger partial charge in [0.05, 0.1) is 9.75 Å². The molecule has 1 heterocycles. The van der Waals surface area contributed by atoms with Crippen LogP contribution >= 0.6 is 22.9 Å². The van der Waals surface area contributed by atoms with E-state index in [-0.39, 0.29) is 11.9 Å². The summed E-state index contributed by atoms with van der Waals surface area (Å²) in [7, 11) is 0. The summed E-state index contributed by atoms with van der Waals surface area (Å²) < 4.78 is 0.776. The first kappa shape index (κ1) is 13.5. The van der Waals surface area contributed by atoms with Crippen LogP contribution in [0.1, 0.15) is 31.7 Å². The average Bonchev–Trinajstić information content (AvgIpc) is 2.61. The summed E-state index contributed by atoms with van der Waals surface area (Å²) in [6.07, 6.45) is 0. The molecule has 0 bridgehead atoms. The molecular formula is C11H17ClN2OS. The summed E-state index contributed by atoms with van der Waals surface area (Å²) in [5, 5.41) is 3.28.